The van der Waals surface area contributed by atoms with E-state index in [4.69, 9.17) is 5.73 Å². The lowest BCUT2D eigenvalue weighted by atomic mass is 9.80. The maximum atomic E-state index is 11.8. The molecule has 1 atom stereocenters. The van der Waals surface area contributed by atoms with Gasteiger partial charge in [-0.2, -0.15) is 0 Å². The first-order valence-electron chi connectivity index (χ1n) is 6.40. The molecule has 0 radical (unpaired) electrons. The van der Waals surface area contributed by atoms with Gasteiger partial charge in [0.25, 0.3) is 0 Å². The summed E-state index contributed by atoms with van der Waals surface area (Å²) in [7, 11) is 0. The molecule has 0 saturated heterocycles. The molecule has 100 valence electrons. The Bertz CT molecular complexity index is 407. The van der Waals surface area contributed by atoms with Crippen LogP contribution in [0.5, 0.6) is 0 Å². The molecule has 0 aliphatic carbocycles. The first-order valence-corrected chi connectivity index (χ1v) is 6.40. The summed E-state index contributed by atoms with van der Waals surface area (Å²) >= 11 is 0. The first-order chi connectivity index (χ1) is 8.29. The van der Waals surface area contributed by atoms with Crippen LogP contribution in [0.2, 0.25) is 0 Å². The SMILES string of the molecule is CC(CC(=O)NCc1cccc(N)c1)C(C)(C)C. The van der Waals surface area contributed by atoms with Crippen LogP contribution >= 0.6 is 0 Å². The number of benzene rings is 1. The van der Waals surface area contributed by atoms with E-state index in [2.05, 4.69) is 33.0 Å². The van der Waals surface area contributed by atoms with E-state index in [0.29, 0.717) is 18.9 Å². The van der Waals surface area contributed by atoms with Crippen molar-refractivity contribution in [2.24, 2.45) is 11.3 Å². The molecule has 3 N–H and O–H groups in total. The minimum Gasteiger partial charge on any atom is -0.399 e. The number of rotatable bonds is 4. The molecule has 0 fully saturated rings. The van der Waals surface area contributed by atoms with Crippen LogP contribution in [0.25, 0.3) is 0 Å². The smallest absolute Gasteiger partial charge is 0.220 e. The topological polar surface area (TPSA) is 55.1 Å². The van der Waals surface area contributed by atoms with Gasteiger partial charge in [0.2, 0.25) is 5.91 Å². The van der Waals surface area contributed by atoms with Crippen LogP contribution in [0.4, 0.5) is 5.69 Å². The number of carbonyl (C=O) groups is 1. The van der Waals surface area contributed by atoms with Crippen LogP contribution in [-0.4, -0.2) is 5.91 Å². The molecule has 1 rings (SSSR count). The van der Waals surface area contributed by atoms with Crippen molar-refractivity contribution in [2.75, 3.05) is 5.73 Å². The van der Waals surface area contributed by atoms with Gasteiger partial charge >= 0.3 is 0 Å². The molecule has 0 saturated carbocycles. The largest absolute Gasteiger partial charge is 0.399 e. The molecule has 0 bridgehead atoms. The quantitative estimate of drug-likeness (QED) is 0.805. The van der Waals surface area contributed by atoms with Gasteiger partial charge in [0.05, 0.1) is 0 Å². The van der Waals surface area contributed by atoms with E-state index < -0.39 is 0 Å². The van der Waals surface area contributed by atoms with Crippen molar-refractivity contribution < 1.29 is 4.79 Å². The molecule has 0 heterocycles. The minimum atomic E-state index is 0.0971. The molecule has 3 heteroatoms. The predicted octanol–water partition coefficient (Wildman–Crippen LogP) is 2.96. The van der Waals surface area contributed by atoms with E-state index in [1.165, 1.54) is 0 Å². The van der Waals surface area contributed by atoms with E-state index in [-0.39, 0.29) is 11.3 Å². The van der Waals surface area contributed by atoms with Gasteiger partial charge in [-0.05, 0) is 29.0 Å². The fourth-order valence-electron chi connectivity index (χ4n) is 1.56. The van der Waals surface area contributed by atoms with E-state index in [1.807, 2.05) is 24.3 Å². The monoisotopic (exact) mass is 248 g/mol. The van der Waals surface area contributed by atoms with E-state index >= 15 is 0 Å². The van der Waals surface area contributed by atoms with E-state index in [0.717, 1.165) is 11.3 Å². The second-order valence-corrected chi connectivity index (χ2v) is 5.99. The molecule has 0 aliphatic rings. The third-order valence-corrected chi connectivity index (χ3v) is 3.41. The Labute approximate surface area is 110 Å². The highest BCUT2D eigenvalue weighted by Crippen LogP contribution is 2.27. The zero-order valence-electron chi connectivity index (χ0n) is 11.8. The molecule has 1 aromatic carbocycles. The van der Waals surface area contributed by atoms with Crippen LogP contribution in [0.3, 0.4) is 0 Å². The molecular weight excluding hydrogens is 224 g/mol. The summed E-state index contributed by atoms with van der Waals surface area (Å²) in [5, 5.41) is 2.93. The molecule has 0 spiro atoms. The Morgan fingerprint density at radius 1 is 1.39 bits per heavy atom. The predicted molar refractivity (Wildman–Crippen MR) is 75.9 cm³/mol. The van der Waals surface area contributed by atoms with Crippen molar-refractivity contribution >= 4 is 11.6 Å². The lowest BCUT2D eigenvalue weighted by Gasteiger charge is -2.26. The number of anilines is 1. The zero-order valence-corrected chi connectivity index (χ0v) is 11.8. The number of hydrogen-bond acceptors (Lipinski definition) is 2. The number of nitrogens with one attached hydrogen (secondary N) is 1. The summed E-state index contributed by atoms with van der Waals surface area (Å²) in [5.41, 5.74) is 7.61. The molecule has 18 heavy (non-hydrogen) atoms. The Hall–Kier alpha value is -1.51. The van der Waals surface area contributed by atoms with Gasteiger partial charge in [0.15, 0.2) is 0 Å². The van der Waals surface area contributed by atoms with Crippen LogP contribution in [-0.2, 0) is 11.3 Å². The molecule has 1 aromatic rings. The van der Waals surface area contributed by atoms with Crippen molar-refractivity contribution in [1.82, 2.24) is 5.32 Å². The highest BCUT2D eigenvalue weighted by Gasteiger charge is 2.22. The van der Waals surface area contributed by atoms with Gasteiger partial charge in [-0.15, -0.1) is 0 Å². The number of nitrogens with two attached hydrogens (primary N) is 1. The summed E-state index contributed by atoms with van der Waals surface area (Å²) in [4.78, 5) is 11.8. The van der Waals surface area contributed by atoms with Crippen molar-refractivity contribution in [2.45, 2.75) is 40.7 Å². The van der Waals surface area contributed by atoms with Crippen molar-refractivity contribution in [3.8, 4) is 0 Å². The van der Waals surface area contributed by atoms with Gasteiger partial charge in [-0.1, -0.05) is 39.8 Å². The van der Waals surface area contributed by atoms with Crippen molar-refractivity contribution in [3.05, 3.63) is 29.8 Å². The second kappa shape index (κ2) is 5.89. The van der Waals surface area contributed by atoms with Crippen molar-refractivity contribution in [3.63, 3.8) is 0 Å². The fraction of sp³-hybridized carbons (Fsp3) is 0.533. The van der Waals surface area contributed by atoms with Crippen LogP contribution in [0.15, 0.2) is 24.3 Å². The Balaban J connectivity index is 2.42. The molecular formula is C15H24N2O. The molecule has 0 aromatic heterocycles. The average Bonchev–Trinajstić information content (AvgIpc) is 2.25. The lowest BCUT2D eigenvalue weighted by Crippen LogP contribution is -2.28. The van der Waals surface area contributed by atoms with Crippen molar-refractivity contribution in [1.29, 1.82) is 0 Å². The minimum absolute atomic E-state index is 0.0971. The number of nitrogen functional groups attached to an aromatic ring is 1. The van der Waals surface area contributed by atoms with E-state index in [1.54, 1.807) is 0 Å². The summed E-state index contributed by atoms with van der Waals surface area (Å²) < 4.78 is 0. The molecule has 1 unspecified atom stereocenters. The number of hydrogen-bond donors (Lipinski definition) is 2. The first kappa shape index (κ1) is 14.6. The summed E-state index contributed by atoms with van der Waals surface area (Å²) in [6, 6.07) is 7.58. The van der Waals surface area contributed by atoms with Gasteiger partial charge in [-0.25, -0.2) is 0 Å². The lowest BCUT2D eigenvalue weighted by molar-refractivity contribution is -0.122. The standard InChI is InChI=1S/C15H24N2O/c1-11(15(2,3)4)8-14(18)17-10-12-6-5-7-13(16)9-12/h5-7,9,11H,8,10,16H2,1-4H3,(H,17,18). The average molecular weight is 248 g/mol. The summed E-state index contributed by atoms with van der Waals surface area (Å²) in [6.45, 7) is 9.12. The third-order valence-electron chi connectivity index (χ3n) is 3.41. The van der Waals surface area contributed by atoms with Gasteiger partial charge in [-0.3, -0.25) is 4.79 Å². The zero-order chi connectivity index (χ0) is 13.8. The van der Waals surface area contributed by atoms with Gasteiger partial charge in [0.1, 0.15) is 0 Å². The highest BCUT2D eigenvalue weighted by molar-refractivity contribution is 5.76. The fourth-order valence-corrected chi connectivity index (χ4v) is 1.56. The van der Waals surface area contributed by atoms with Crippen LogP contribution in [0.1, 0.15) is 39.7 Å². The number of carbonyl (C=O) groups excluding carboxylic acids is 1. The highest BCUT2D eigenvalue weighted by atomic mass is 16.1. The molecule has 0 aliphatic heterocycles. The Morgan fingerprint density at radius 3 is 2.61 bits per heavy atom. The van der Waals surface area contributed by atoms with E-state index in [9.17, 15) is 4.79 Å². The maximum absolute atomic E-state index is 11.8. The molecule has 3 nitrogen and oxygen atoms in total. The Kier molecular flexibility index (Phi) is 4.76. The summed E-state index contributed by atoms with van der Waals surface area (Å²) in [5.74, 6) is 0.457. The second-order valence-electron chi connectivity index (χ2n) is 5.99. The normalized spacial score (nSPS) is 13.1. The van der Waals surface area contributed by atoms with Crippen LogP contribution in [0, 0.1) is 11.3 Å². The number of amides is 1. The Morgan fingerprint density at radius 2 is 2.06 bits per heavy atom. The molecule has 1 amide bonds. The van der Waals surface area contributed by atoms with Gasteiger partial charge < -0.3 is 11.1 Å². The summed E-state index contributed by atoms with van der Waals surface area (Å²) in [6.07, 6.45) is 0.561. The maximum Gasteiger partial charge on any atom is 0.220 e. The van der Waals surface area contributed by atoms with Gasteiger partial charge in [0, 0.05) is 18.7 Å². The third kappa shape index (κ3) is 4.78. The van der Waals surface area contributed by atoms with Crippen LogP contribution < -0.4 is 11.1 Å².